The molecule has 0 bridgehead atoms. The molecule has 0 fully saturated rings. The van der Waals surface area contributed by atoms with E-state index in [0.29, 0.717) is 11.1 Å². The zero-order chi connectivity index (χ0) is 15.2. The zero-order valence-electron chi connectivity index (χ0n) is 11.7. The van der Waals surface area contributed by atoms with Gasteiger partial charge in [0.25, 0.3) is 0 Å². The van der Waals surface area contributed by atoms with Gasteiger partial charge in [-0.3, -0.25) is 4.79 Å². The Morgan fingerprint density at radius 2 is 1.86 bits per heavy atom. The number of carboxylic acid groups (broad SMARTS) is 1. The smallest absolute Gasteiger partial charge is 0.307 e. The van der Waals surface area contributed by atoms with Gasteiger partial charge >= 0.3 is 5.97 Å². The van der Waals surface area contributed by atoms with Gasteiger partial charge in [-0.1, -0.05) is 30.8 Å². The zero-order valence-corrected chi connectivity index (χ0v) is 12.5. The van der Waals surface area contributed by atoms with Gasteiger partial charge < -0.3 is 5.11 Å². The summed E-state index contributed by atoms with van der Waals surface area (Å²) in [5, 5.41) is 17.9. The Labute approximate surface area is 128 Å². The van der Waals surface area contributed by atoms with Crippen LogP contribution in [0.4, 0.5) is 0 Å². The van der Waals surface area contributed by atoms with Gasteiger partial charge in [-0.15, -0.1) is 0 Å². The van der Waals surface area contributed by atoms with Crippen molar-refractivity contribution >= 4 is 17.7 Å². The van der Waals surface area contributed by atoms with Gasteiger partial charge in [-0.05, 0) is 47.9 Å². The van der Waals surface area contributed by atoms with Crippen LogP contribution in [0.15, 0.2) is 52.3 Å². The summed E-state index contributed by atoms with van der Waals surface area (Å²) in [6, 6.07) is 15.6. The minimum absolute atomic E-state index is 0.133. The molecule has 4 heteroatoms. The highest BCUT2D eigenvalue weighted by molar-refractivity contribution is 7.99. The van der Waals surface area contributed by atoms with Crippen molar-refractivity contribution in [3.05, 3.63) is 59.2 Å². The number of benzene rings is 2. The topological polar surface area (TPSA) is 61.1 Å². The molecule has 0 saturated heterocycles. The Balaban J connectivity index is 2.23. The molecule has 106 valence electrons. The molecule has 0 heterocycles. The van der Waals surface area contributed by atoms with Gasteiger partial charge in [-0.2, -0.15) is 5.26 Å². The number of nitrogens with zero attached hydrogens (tertiary/aromatic N) is 1. The highest BCUT2D eigenvalue weighted by Gasteiger charge is 2.08. The lowest BCUT2D eigenvalue weighted by atomic mass is 10.1. The Bertz CT molecular complexity index is 687. The maximum Gasteiger partial charge on any atom is 0.307 e. The summed E-state index contributed by atoms with van der Waals surface area (Å²) in [5.41, 5.74) is 2.26. The second-order valence-electron chi connectivity index (χ2n) is 4.60. The molecule has 0 aliphatic rings. The van der Waals surface area contributed by atoms with Crippen LogP contribution in [0.3, 0.4) is 0 Å². The highest BCUT2D eigenvalue weighted by atomic mass is 32.2. The standard InChI is InChI=1S/C17H15NO2S/c1-2-12-3-6-15(7-4-12)21-16-8-5-13(11-18)14(9-16)10-17(19)20/h3-9H,2,10H2,1H3,(H,19,20). The van der Waals surface area contributed by atoms with Gasteiger partial charge in [-0.25, -0.2) is 0 Å². The quantitative estimate of drug-likeness (QED) is 0.909. The maximum atomic E-state index is 10.9. The molecule has 0 aliphatic carbocycles. The maximum absolute atomic E-state index is 10.9. The van der Waals surface area contributed by atoms with Crippen molar-refractivity contribution in [2.24, 2.45) is 0 Å². The van der Waals surface area contributed by atoms with Gasteiger partial charge in [0.1, 0.15) is 0 Å². The number of hydrogen-bond donors (Lipinski definition) is 1. The van der Waals surface area contributed by atoms with Crippen LogP contribution in [0, 0.1) is 11.3 Å². The molecule has 0 aliphatic heterocycles. The third-order valence-corrected chi connectivity index (χ3v) is 4.10. The van der Waals surface area contributed by atoms with Crippen LogP contribution < -0.4 is 0 Å². The van der Waals surface area contributed by atoms with Crippen molar-refractivity contribution in [3.63, 3.8) is 0 Å². The van der Waals surface area contributed by atoms with Crippen molar-refractivity contribution in [3.8, 4) is 6.07 Å². The molecular formula is C17H15NO2S. The average molecular weight is 297 g/mol. The van der Waals surface area contributed by atoms with E-state index >= 15 is 0 Å². The predicted molar refractivity (Wildman–Crippen MR) is 82.4 cm³/mol. The third kappa shape index (κ3) is 4.11. The summed E-state index contributed by atoms with van der Waals surface area (Å²) in [7, 11) is 0. The minimum Gasteiger partial charge on any atom is -0.481 e. The summed E-state index contributed by atoms with van der Waals surface area (Å²) in [4.78, 5) is 12.9. The van der Waals surface area contributed by atoms with Crippen molar-refractivity contribution in [2.45, 2.75) is 29.6 Å². The van der Waals surface area contributed by atoms with E-state index < -0.39 is 5.97 Å². The second-order valence-corrected chi connectivity index (χ2v) is 5.75. The molecule has 0 amide bonds. The Kier molecular flexibility index (Phi) is 5.02. The number of carbonyl (C=O) groups is 1. The molecule has 2 aromatic rings. The molecular weight excluding hydrogens is 282 g/mol. The second kappa shape index (κ2) is 6.96. The number of aryl methyl sites for hydroxylation is 1. The van der Waals surface area contributed by atoms with E-state index in [4.69, 9.17) is 10.4 Å². The van der Waals surface area contributed by atoms with Gasteiger partial charge in [0.2, 0.25) is 0 Å². The first-order chi connectivity index (χ1) is 10.1. The lowest BCUT2D eigenvalue weighted by molar-refractivity contribution is -0.136. The van der Waals surface area contributed by atoms with E-state index in [1.54, 1.807) is 23.9 Å². The molecule has 3 nitrogen and oxygen atoms in total. The summed E-state index contributed by atoms with van der Waals surface area (Å²) >= 11 is 1.56. The first-order valence-electron chi connectivity index (χ1n) is 6.64. The van der Waals surface area contributed by atoms with Crippen LogP contribution in [-0.2, 0) is 17.6 Å². The van der Waals surface area contributed by atoms with Crippen LogP contribution in [0.25, 0.3) is 0 Å². The van der Waals surface area contributed by atoms with Crippen molar-refractivity contribution in [1.82, 2.24) is 0 Å². The number of rotatable bonds is 5. The van der Waals surface area contributed by atoms with Crippen LogP contribution >= 0.6 is 11.8 Å². The van der Waals surface area contributed by atoms with Crippen LogP contribution in [-0.4, -0.2) is 11.1 Å². The van der Waals surface area contributed by atoms with Crippen LogP contribution in [0.5, 0.6) is 0 Å². The molecule has 0 saturated carbocycles. The fourth-order valence-corrected chi connectivity index (χ4v) is 2.86. The van der Waals surface area contributed by atoms with Gasteiger partial charge in [0.05, 0.1) is 18.1 Å². The third-order valence-electron chi connectivity index (χ3n) is 3.11. The minimum atomic E-state index is -0.930. The first-order valence-corrected chi connectivity index (χ1v) is 7.45. The number of hydrogen-bond acceptors (Lipinski definition) is 3. The van der Waals surface area contributed by atoms with Crippen LogP contribution in [0.2, 0.25) is 0 Å². The molecule has 2 rings (SSSR count). The molecule has 0 aromatic heterocycles. The summed E-state index contributed by atoms with van der Waals surface area (Å²) in [5.74, 6) is -0.930. The Hall–Kier alpha value is -2.25. The fraction of sp³-hybridized carbons (Fsp3) is 0.176. The van der Waals surface area contributed by atoms with Gasteiger partial charge in [0.15, 0.2) is 0 Å². The number of aliphatic carboxylic acids is 1. The summed E-state index contributed by atoms with van der Waals surface area (Å²) in [6.45, 7) is 2.11. The van der Waals surface area contributed by atoms with E-state index in [0.717, 1.165) is 16.2 Å². The van der Waals surface area contributed by atoms with Crippen molar-refractivity contribution in [2.75, 3.05) is 0 Å². The molecule has 2 aromatic carbocycles. The summed E-state index contributed by atoms with van der Waals surface area (Å²) < 4.78 is 0. The molecule has 0 unspecified atom stereocenters. The van der Waals surface area contributed by atoms with Gasteiger partial charge in [0, 0.05) is 9.79 Å². The Morgan fingerprint density at radius 3 is 2.43 bits per heavy atom. The monoisotopic (exact) mass is 297 g/mol. The van der Waals surface area contributed by atoms with Crippen molar-refractivity contribution < 1.29 is 9.90 Å². The first kappa shape index (κ1) is 15.1. The SMILES string of the molecule is CCc1ccc(Sc2ccc(C#N)c(CC(=O)O)c2)cc1. The van der Waals surface area contributed by atoms with E-state index in [9.17, 15) is 4.79 Å². The molecule has 1 N–H and O–H groups in total. The number of nitriles is 1. The molecule has 0 spiro atoms. The van der Waals surface area contributed by atoms with E-state index in [1.807, 2.05) is 12.1 Å². The predicted octanol–water partition coefficient (Wildman–Crippen LogP) is 3.90. The highest BCUT2D eigenvalue weighted by Crippen LogP contribution is 2.29. The fourth-order valence-electron chi connectivity index (χ4n) is 1.98. The lowest BCUT2D eigenvalue weighted by Crippen LogP contribution is -2.02. The largest absolute Gasteiger partial charge is 0.481 e. The molecule has 0 radical (unpaired) electrons. The lowest BCUT2D eigenvalue weighted by Gasteiger charge is -2.06. The summed E-state index contributed by atoms with van der Waals surface area (Å²) in [6.07, 6.45) is 0.872. The van der Waals surface area contributed by atoms with E-state index in [1.165, 1.54) is 5.56 Å². The number of carboxylic acids is 1. The molecule has 0 atom stereocenters. The van der Waals surface area contributed by atoms with Crippen LogP contribution in [0.1, 0.15) is 23.6 Å². The van der Waals surface area contributed by atoms with E-state index in [2.05, 4.69) is 31.2 Å². The average Bonchev–Trinajstić information content (AvgIpc) is 2.48. The Morgan fingerprint density at radius 1 is 1.19 bits per heavy atom. The normalized spacial score (nSPS) is 10.1. The molecule has 21 heavy (non-hydrogen) atoms. The van der Waals surface area contributed by atoms with Crippen molar-refractivity contribution in [1.29, 1.82) is 5.26 Å². The van der Waals surface area contributed by atoms with E-state index in [-0.39, 0.29) is 6.42 Å².